The molecule has 4 saturated carbocycles. The second-order valence-corrected chi connectivity index (χ2v) is 10.6. The fourth-order valence-corrected chi connectivity index (χ4v) is 6.96. The van der Waals surface area contributed by atoms with Crippen LogP contribution in [0.5, 0.6) is 0 Å². The van der Waals surface area contributed by atoms with Crippen molar-refractivity contribution in [3.63, 3.8) is 0 Å². The van der Waals surface area contributed by atoms with E-state index in [9.17, 15) is 23.2 Å². The quantitative estimate of drug-likeness (QED) is 0.689. The summed E-state index contributed by atoms with van der Waals surface area (Å²) >= 11 is 0. The number of amides is 4. The Labute approximate surface area is 198 Å². The van der Waals surface area contributed by atoms with Crippen molar-refractivity contribution in [3.05, 3.63) is 35.4 Å². The van der Waals surface area contributed by atoms with Crippen molar-refractivity contribution in [2.45, 2.75) is 50.5 Å². The Kier molecular flexibility index (Phi) is 6.20. The monoisotopic (exact) mass is 474 g/mol. The van der Waals surface area contributed by atoms with Gasteiger partial charge in [-0.25, -0.2) is 13.6 Å². The summed E-state index contributed by atoms with van der Waals surface area (Å²) in [6.07, 6.45) is 7.40. The largest absolute Gasteiger partial charge is 0.339 e. The lowest BCUT2D eigenvalue weighted by atomic mass is 9.53. The van der Waals surface area contributed by atoms with Crippen LogP contribution in [0.3, 0.4) is 0 Å². The Morgan fingerprint density at radius 2 is 1.47 bits per heavy atom. The Balaban J connectivity index is 1.04. The zero-order valence-electron chi connectivity index (χ0n) is 19.3. The van der Waals surface area contributed by atoms with Crippen molar-refractivity contribution in [2.75, 3.05) is 32.7 Å². The molecule has 9 heteroatoms. The molecule has 4 aliphatic carbocycles. The van der Waals surface area contributed by atoms with E-state index >= 15 is 0 Å². The van der Waals surface area contributed by atoms with Crippen molar-refractivity contribution in [3.8, 4) is 0 Å². The topological polar surface area (TPSA) is 81.8 Å². The number of nitrogens with zero attached hydrogens (tertiary/aromatic N) is 2. The lowest BCUT2D eigenvalue weighted by Crippen LogP contribution is -2.61. The van der Waals surface area contributed by atoms with E-state index in [4.69, 9.17) is 0 Å². The molecule has 5 aliphatic rings. The van der Waals surface area contributed by atoms with Crippen LogP contribution in [-0.4, -0.2) is 65.9 Å². The van der Waals surface area contributed by atoms with Gasteiger partial charge in [0.1, 0.15) is 0 Å². The van der Waals surface area contributed by atoms with E-state index < -0.39 is 11.6 Å². The number of urea groups is 1. The Morgan fingerprint density at radius 1 is 0.882 bits per heavy atom. The first kappa shape index (κ1) is 23.1. The number of nitrogens with one attached hydrogen (secondary N) is 2. The van der Waals surface area contributed by atoms with Crippen LogP contribution in [0.15, 0.2) is 18.2 Å². The predicted molar refractivity (Wildman–Crippen MR) is 121 cm³/mol. The number of benzene rings is 1. The van der Waals surface area contributed by atoms with E-state index in [1.807, 2.05) is 0 Å². The van der Waals surface area contributed by atoms with Crippen molar-refractivity contribution in [1.82, 2.24) is 20.4 Å². The summed E-state index contributed by atoms with van der Waals surface area (Å²) < 4.78 is 26.5. The van der Waals surface area contributed by atoms with Crippen molar-refractivity contribution in [2.24, 2.45) is 17.8 Å². The van der Waals surface area contributed by atoms with Crippen LogP contribution in [0, 0.1) is 29.4 Å². The highest BCUT2D eigenvalue weighted by molar-refractivity contribution is 5.94. The van der Waals surface area contributed by atoms with Crippen LogP contribution < -0.4 is 10.6 Å². The fourth-order valence-electron chi connectivity index (χ4n) is 6.96. The maximum atomic E-state index is 13.4. The third-order valence-electron chi connectivity index (χ3n) is 8.13. The van der Waals surface area contributed by atoms with Crippen LogP contribution in [0.1, 0.15) is 55.3 Å². The fraction of sp³-hybridized carbons (Fsp3) is 0.640. The normalized spacial score (nSPS) is 29.8. The van der Waals surface area contributed by atoms with E-state index in [0.717, 1.165) is 49.1 Å². The molecule has 184 valence electrons. The molecule has 0 spiro atoms. The number of carbonyl (C=O) groups excluding carboxylic acids is 3. The van der Waals surface area contributed by atoms with Gasteiger partial charge in [0.15, 0.2) is 11.6 Å². The molecule has 0 unspecified atom stereocenters. The average molecular weight is 475 g/mol. The van der Waals surface area contributed by atoms with Gasteiger partial charge in [-0.2, -0.15) is 0 Å². The Hall–Kier alpha value is -2.71. The number of halogens is 2. The lowest BCUT2D eigenvalue weighted by Gasteiger charge is -2.56. The number of piperazine rings is 1. The molecule has 7 nitrogen and oxygen atoms in total. The number of carbonyl (C=O) groups is 3. The average Bonchev–Trinajstić information content (AvgIpc) is 2.79. The molecule has 1 aliphatic heterocycles. The minimum atomic E-state index is -1.06. The van der Waals surface area contributed by atoms with Crippen LogP contribution in [0.25, 0.3) is 0 Å². The summed E-state index contributed by atoms with van der Waals surface area (Å²) in [5, 5.41) is 6.11. The highest BCUT2D eigenvalue weighted by Crippen LogP contribution is 2.55. The molecule has 1 heterocycles. The third kappa shape index (κ3) is 4.74. The number of rotatable bonds is 5. The van der Waals surface area contributed by atoms with E-state index in [0.29, 0.717) is 26.2 Å². The van der Waals surface area contributed by atoms with Gasteiger partial charge in [0.25, 0.3) is 5.91 Å². The smallest absolute Gasteiger partial charge is 0.315 e. The summed E-state index contributed by atoms with van der Waals surface area (Å²) in [5.74, 6) is -0.252. The van der Waals surface area contributed by atoms with E-state index in [-0.39, 0.29) is 41.9 Å². The molecule has 0 aromatic heterocycles. The Bertz CT molecular complexity index is 942. The van der Waals surface area contributed by atoms with Crippen LogP contribution in [-0.2, 0) is 4.79 Å². The molecule has 0 radical (unpaired) electrons. The molecule has 4 amide bonds. The molecule has 0 atom stereocenters. The number of hydrogen-bond acceptors (Lipinski definition) is 3. The van der Waals surface area contributed by atoms with Gasteiger partial charge in [-0.15, -0.1) is 0 Å². The summed E-state index contributed by atoms with van der Waals surface area (Å²) in [6, 6.07) is 2.92. The van der Waals surface area contributed by atoms with E-state index in [1.165, 1.54) is 30.2 Å². The highest BCUT2D eigenvalue weighted by atomic mass is 19.2. The predicted octanol–water partition coefficient (Wildman–Crippen LogP) is 2.91. The van der Waals surface area contributed by atoms with Gasteiger partial charge in [0, 0.05) is 50.2 Å². The molecule has 34 heavy (non-hydrogen) atoms. The molecule has 1 aromatic carbocycles. The van der Waals surface area contributed by atoms with E-state index in [2.05, 4.69) is 10.6 Å². The second-order valence-electron chi connectivity index (χ2n) is 10.6. The molecule has 5 fully saturated rings. The minimum absolute atomic E-state index is 0.0564. The summed E-state index contributed by atoms with van der Waals surface area (Å²) in [4.78, 5) is 40.9. The molecule has 1 saturated heterocycles. The van der Waals surface area contributed by atoms with E-state index in [1.54, 1.807) is 4.90 Å². The second kappa shape index (κ2) is 9.15. The molecule has 1 aromatic rings. The van der Waals surface area contributed by atoms with Gasteiger partial charge in [-0.05, 0) is 74.5 Å². The SMILES string of the molecule is O=C(NCCC(=O)N1CCN(C(=O)c2ccc(F)c(F)c2)CC1)NC12CC3CC(CC(C3)C1)C2. The van der Waals surface area contributed by atoms with Gasteiger partial charge in [0.2, 0.25) is 5.91 Å². The first-order chi connectivity index (χ1) is 16.3. The van der Waals surface area contributed by atoms with Crippen LogP contribution >= 0.6 is 0 Å². The third-order valence-corrected chi connectivity index (χ3v) is 8.13. The van der Waals surface area contributed by atoms with Crippen LogP contribution in [0.2, 0.25) is 0 Å². The first-order valence-electron chi connectivity index (χ1n) is 12.4. The first-order valence-corrected chi connectivity index (χ1v) is 12.4. The van der Waals surface area contributed by atoms with Crippen molar-refractivity contribution >= 4 is 17.8 Å². The molecule has 2 N–H and O–H groups in total. The maximum Gasteiger partial charge on any atom is 0.315 e. The van der Waals surface area contributed by atoms with Crippen molar-refractivity contribution in [1.29, 1.82) is 0 Å². The van der Waals surface area contributed by atoms with Crippen LogP contribution in [0.4, 0.5) is 13.6 Å². The van der Waals surface area contributed by atoms with Gasteiger partial charge in [-0.1, -0.05) is 0 Å². The maximum absolute atomic E-state index is 13.4. The standard InChI is InChI=1S/C25H32F2N4O3/c26-20-2-1-19(12-21(20)27)23(33)31-7-5-30(6-8-31)22(32)3-4-28-24(34)29-25-13-16-9-17(14-25)11-18(10-16)15-25/h1-2,12,16-18H,3-11,13-15H2,(H2,28,29,34). The summed E-state index contributed by atoms with van der Waals surface area (Å²) in [6.45, 7) is 1.65. The summed E-state index contributed by atoms with van der Waals surface area (Å²) in [5.41, 5.74) is 0.0343. The summed E-state index contributed by atoms with van der Waals surface area (Å²) in [7, 11) is 0. The molecule has 6 rings (SSSR count). The molecular formula is C25H32F2N4O3. The van der Waals surface area contributed by atoms with Gasteiger partial charge in [-0.3, -0.25) is 9.59 Å². The number of hydrogen-bond donors (Lipinski definition) is 2. The highest BCUT2D eigenvalue weighted by Gasteiger charge is 2.51. The Morgan fingerprint density at radius 3 is 2.06 bits per heavy atom. The molecule has 4 bridgehead atoms. The zero-order chi connectivity index (χ0) is 23.9. The van der Waals surface area contributed by atoms with Gasteiger partial charge in [0.05, 0.1) is 0 Å². The van der Waals surface area contributed by atoms with Gasteiger partial charge < -0.3 is 20.4 Å². The zero-order valence-corrected chi connectivity index (χ0v) is 19.3. The molecular weight excluding hydrogens is 442 g/mol. The van der Waals surface area contributed by atoms with Crippen molar-refractivity contribution < 1.29 is 23.2 Å². The minimum Gasteiger partial charge on any atom is -0.339 e. The lowest BCUT2D eigenvalue weighted by molar-refractivity contribution is -0.132. The van der Waals surface area contributed by atoms with Gasteiger partial charge >= 0.3 is 6.03 Å².